The van der Waals surface area contributed by atoms with Crippen molar-refractivity contribution in [2.45, 2.75) is 0 Å². The van der Waals surface area contributed by atoms with Gasteiger partial charge >= 0.3 is 0 Å². The summed E-state index contributed by atoms with van der Waals surface area (Å²) < 4.78 is 23.6. The van der Waals surface area contributed by atoms with E-state index in [2.05, 4.69) is 5.32 Å². The SMILES string of the molecule is CS(=O)(=O)N1CC(C(=O)Nc2ccc([N+](=O)[O-])cc2C#N)C1. The van der Waals surface area contributed by atoms with Crippen LogP contribution in [0.25, 0.3) is 0 Å². The Morgan fingerprint density at radius 1 is 1.50 bits per heavy atom. The van der Waals surface area contributed by atoms with Gasteiger partial charge in [0.2, 0.25) is 15.9 Å². The Hall–Kier alpha value is -2.51. The summed E-state index contributed by atoms with van der Waals surface area (Å²) in [5.41, 5.74) is -0.112. The lowest BCUT2D eigenvalue weighted by Gasteiger charge is -2.35. The summed E-state index contributed by atoms with van der Waals surface area (Å²) in [4.78, 5) is 22.0. The summed E-state index contributed by atoms with van der Waals surface area (Å²) >= 11 is 0. The average Bonchev–Trinajstić information content (AvgIpc) is 2.35. The highest BCUT2D eigenvalue weighted by atomic mass is 32.2. The molecule has 0 aliphatic carbocycles. The predicted molar refractivity (Wildman–Crippen MR) is 76.3 cm³/mol. The molecule has 0 radical (unpaired) electrons. The summed E-state index contributed by atoms with van der Waals surface area (Å²) in [5, 5.41) is 22.1. The molecule has 0 aromatic heterocycles. The number of rotatable bonds is 4. The number of non-ortho nitro benzene ring substituents is 1. The molecule has 0 unspecified atom stereocenters. The van der Waals surface area contributed by atoms with Crippen LogP contribution in [0, 0.1) is 27.4 Å². The number of benzene rings is 1. The van der Waals surface area contributed by atoms with Crippen molar-refractivity contribution in [3.63, 3.8) is 0 Å². The minimum Gasteiger partial charge on any atom is -0.325 e. The summed E-state index contributed by atoms with van der Waals surface area (Å²) in [6.07, 6.45) is 1.06. The number of nitriles is 1. The van der Waals surface area contributed by atoms with Crippen molar-refractivity contribution in [3.8, 4) is 6.07 Å². The summed E-state index contributed by atoms with van der Waals surface area (Å²) in [7, 11) is -3.31. The first-order valence-electron chi connectivity index (χ1n) is 6.17. The van der Waals surface area contributed by atoms with Crippen molar-refractivity contribution in [2.24, 2.45) is 5.92 Å². The second-order valence-electron chi connectivity index (χ2n) is 4.86. The molecule has 116 valence electrons. The Labute approximate surface area is 126 Å². The van der Waals surface area contributed by atoms with Crippen LogP contribution in [-0.4, -0.2) is 42.9 Å². The maximum Gasteiger partial charge on any atom is 0.270 e. The van der Waals surface area contributed by atoms with Crippen molar-refractivity contribution >= 4 is 27.3 Å². The molecule has 0 atom stereocenters. The molecule has 2 rings (SSSR count). The average molecular weight is 324 g/mol. The van der Waals surface area contributed by atoms with Crippen LogP contribution in [-0.2, 0) is 14.8 Å². The molecule has 1 heterocycles. The number of nitrogens with one attached hydrogen (secondary N) is 1. The smallest absolute Gasteiger partial charge is 0.270 e. The number of amides is 1. The molecular weight excluding hydrogens is 312 g/mol. The lowest BCUT2D eigenvalue weighted by atomic mass is 10.0. The molecule has 10 heteroatoms. The van der Waals surface area contributed by atoms with E-state index in [1.54, 1.807) is 6.07 Å². The van der Waals surface area contributed by atoms with Gasteiger partial charge < -0.3 is 5.32 Å². The first-order valence-corrected chi connectivity index (χ1v) is 8.01. The highest BCUT2D eigenvalue weighted by Gasteiger charge is 2.37. The molecule has 0 bridgehead atoms. The van der Waals surface area contributed by atoms with Gasteiger partial charge in [0.25, 0.3) is 5.69 Å². The van der Waals surface area contributed by atoms with Crippen LogP contribution in [0.4, 0.5) is 11.4 Å². The zero-order chi connectivity index (χ0) is 16.5. The van der Waals surface area contributed by atoms with Gasteiger partial charge in [-0.1, -0.05) is 0 Å². The van der Waals surface area contributed by atoms with E-state index in [1.807, 2.05) is 0 Å². The van der Waals surface area contributed by atoms with Crippen LogP contribution in [0.1, 0.15) is 5.56 Å². The Balaban J connectivity index is 2.07. The number of carbonyl (C=O) groups is 1. The normalized spacial score (nSPS) is 15.6. The number of nitrogens with zero attached hydrogens (tertiary/aromatic N) is 3. The highest BCUT2D eigenvalue weighted by Crippen LogP contribution is 2.24. The van der Waals surface area contributed by atoms with Crippen LogP contribution in [0.2, 0.25) is 0 Å². The molecule has 1 saturated heterocycles. The van der Waals surface area contributed by atoms with Gasteiger partial charge in [0.05, 0.1) is 28.3 Å². The fourth-order valence-corrected chi connectivity index (χ4v) is 2.86. The van der Waals surface area contributed by atoms with Crippen molar-refractivity contribution < 1.29 is 18.1 Å². The van der Waals surface area contributed by atoms with E-state index in [0.29, 0.717) is 0 Å². The molecule has 9 nitrogen and oxygen atoms in total. The van der Waals surface area contributed by atoms with E-state index in [-0.39, 0.29) is 30.0 Å². The van der Waals surface area contributed by atoms with Gasteiger partial charge in [-0.2, -0.15) is 5.26 Å². The van der Waals surface area contributed by atoms with Gasteiger partial charge in [-0.25, -0.2) is 12.7 Å². The minimum absolute atomic E-state index is 0.0261. The fraction of sp³-hybridized carbons (Fsp3) is 0.333. The third kappa shape index (κ3) is 3.21. The Kier molecular flexibility index (Phi) is 4.11. The first-order chi connectivity index (χ1) is 10.2. The number of sulfonamides is 1. The van der Waals surface area contributed by atoms with Crippen molar-refractivity contribution in [1.29, 1.82) is 5.26 Å². The third-order valence-electron chi connectivity index (χ3n) is 3.28. The van der Waals surface area contributed by atoms with Gasteiger partial charge in [-0.15, -0.1) is 0 Å². The van der Waals surface area contributed by atoms with E-state index < -0.39 is 26.8 Å². The largest absolute Gasteiger partial charge is 0.325 e. The van der Waals surface area contributed by atoms with Gasteiger partial charge in [0, 0.05) is 25.2 Å². The predicted octanol–water partition coefficient (Wildman–Crippen LogP) is 0.296. The molecule has 0 spiro atoms. The third-order valence-corrected chi connectivity index (χ3v) is 4.52. The number of nitro groups is 1. The fourth-order valence-electron chi connectivity index (χ4n) is 1.96. The summed E-state index contributed by atoms with van der Waals surface area (Å²) in [6.45, 7) is 0.166. The number of nitro benzene ring substituents is 1. The van der Waals surface area contributed by atoms with E-state index in [1.165, 1.54) is 12.1 Å². The molecule has 1 aromatic rings. The maximum atomic E-state index is 12.0. The lowest BCUT2D eigenvalue weighted by Crippen LogP contribution is -2.53. The van der Waals surface area contributed by atoms with Gasteiger partial charge in [-0.3, -0.25) is 14.9 Å². The van der Waals surface area contributed by atoms with Crippen molar-refractivity contribution in [1.82, 2.24) is 4.31 Å². The van der Waals surface area contributed by atoms with Gasteiger partial charge in [-0.05, 0) is 6.07 Å². The highest BCUT2D eigenvalue weighted by molar-refractivity contribution is 7.88. The van der Waals surface area contributed by atoms with Crippen molar-refractivity contribution in [2.75, 3.05) is 24.7 Å². The quantitative estimate of drug-likeness (QED) is 0.625. The topological polar surface area (TPSA) is 133 Å². The van der Waals surface area contributed by atoms with Crippen LogP contribution in [0.15, 0.2) is 18.2 Å². The van der Waals surface area contributed by atoms with Crippen LogP contribution < -0.4 is 5.32 Å². The van der Waals surface area contributed by atoms with Crippen LogP contribution in [0.5, 0.6) is 0 Å². The van der Waals surface area contributed by atoms with Gasteiger partial charge in [0.1, 0.15) is 6.07 Å². The van der Waals surface area contributed by atoms with E-state index >= 15 is 0 Å². The summed E-state index contributed by atoms with van der Waals surface area (Å²) in [5.74, 6) is -0.929. The molecule has 1 amide bonds. The number of hydrogen-bond acceptors (Lipinski definition) is 6. The van der Waals surface area contributed by atoms with E-state index in [9.17, 15) is 23.3 Å². The molecule has 22 heavy (non-hydrogen) atoms. The second kappa shape index (κ2) is 5.70. The number of carbonyl (C=O) groups excluding carboxylic acids is 1. The lowest BCUT2D eigenvalue weighted by molar-refractivity contribution is -0.384. The van der Waals surface area contributed by atoms with E-state index in [4.69, 9.17) is 5.26 Å². The van der Waals surface area contributed by atoms with Crippen LogP contribution in [0.3, 0.4) is 0 Å². The molecule has 1 N–H and O–H groups in total. The molecule has 1 aliphatic rings. The van der Waals surface area contributed by atoms with Crippen molar-refractivity contribution in [3.05, 3.63) is 33.9 Å². The zero-order valence-corrected chi connectivity index (χ0v) is 12.3. The molecule has 1 fully saturated rings. The standard InChI is InChI=1S/C12H12N4O5S/c1-22(20,21)15-6-9(7-15)12(17)14-11-3-2-10(16(18)19)4-8(11)5-13/h2-4,9H,6-7H2,1H3,(H,14,17). The molecule has 1 aromatic carbocycles. The number of anilines is 1. The maximum absolute atomic E-state index is 12.0. The van der Waals surface area contributed by atoms with E-state index in [0.717, 1.165) is 16.6 Å². The Bertz CT molecular complexity index is 777. The first kappa shape index (κ1) is 15.9. The zero-order valence-electron chi connectivity index (χ0n) is 11.5. The Morgan fingerprint density at radius 2 is 2.14 bits per heavy atom. The monoisotopic (exact) mass is 324 g/mol. The summed E-state index contributed by atoms with van der Waals surface area (Å²) in [6, 6.07) is 5.31. The number of hydrogen-bond donors (Lipinski definition) is 1. The molecule has 1 aliphatic heterocycles. The molecule has 0 saturated carbocycles. The molecular formula is C12H12N4O5S. The minimum atomic E-state index is -3.31. The van der Waals surface area contributed by atoms with Gasteiger partial charge in [0.15, 0.2) is 0 Å². The van der Waals surface area contributed by atoms with Crippen LogP contribution >= 0.6 is 0 Å². The Morgan fingerprint density at radius 3 is 2.64 bits per heavy atom. The second-order valence-corrected chi connectivity index (χ2v) is 6.85.